The van der Waals surface area contributed by atoms with Crippen LogP contribution in [0.15, 0.2) is 24.3 Å². The molecule has 0 heterocycles. The summed E-state index contributed by atoms with van der Waals surface area (Å²) in [4.78, 5) is 11.3. The predicted molar refractivity (Wildman–Crippen MR) is 65.7 cm³/mol. The van der Waals surface area contributed by atoms with Crippen molar-refractivity contribution >= 4 is 17.4 Å². The quantitative estimate of drug-likeness (QED) is 0.535. The smallest absolute Gasteiger partial charge is 0.231 e. The van der Waals surface area contributed by atoms with Crippen molar-refractivity contribution in [3.63, 3.8) is 0 Å². The van der Waals surface area contributed by atoms with Crippen molar-refractivity contribution in [2.45, 2.75) is 26.2 Å². The number of carbonyl (C=O) groups is 1. The van der Waals surface area contributed by atoms with E-state index in [1.54, 1.807) is 0 Å². The van der Waals surface area contributed by atoms with E-state index in [0.29, 0.717) is 5.92 Å². The fourth-order valence-corrected chi connectivity index (χ4v) is 1.33. The lowest BCUT2D eigenvalue weighted by Gasteiger charge is -2.08. The first-order valence-electron chi connectivity index (χ1n) is 5.21. The summed E-state index contributed by atoms with van der Waals surface area (Å²) in [7, 11) is 0. The maximum absolute atomic E-state index is 11.3. The number of carbonyl (C=O) groups excluding carboxylic acids is 1. The molecule has 1 aromatic rings. The van der Waals surface area contributed by atoms with Crippen molar-refractivity contribution in [3.05, 3.63) is 29.8 Å². The predicted octanol–water partition coefficient (Wildman–Crippen LogP) is 2.07. The molecule has 1 aromatic carbocycles. The fraction of sp³-hybridized carbons (Fsp3) is 0.333. The number of hydrogen-bond donors (Lipinski definition) is 3. The summed E-state index contributed by atoms with van der Waals surface area (Å²) in [6.07, 6.45) is -0.0636. The molecule has 4 nitrogen and oxygen atoms in total. The maximum Gasteiger partial charge on any atom is 0.231 e. The first-order valence-corrected chi connectivity index (χ1v) is 5.21. The Morgan fingerprint density at radius 2 is 1.94 bits per heavy atom. The van der Waals surface area contributed by atoms with Crippen molar-refractivity contribution in [2.75, 3.05) is 5.32 Å². The maximum atomic E-state index is 11.3. The molecule has 16 heavy (non-hydrogen) atoms. The van der Waals surface area contributed by atoms with Gasteiger partial charge in [0.1, 0.15) is 5.84 Å². The Hall–Kier alpha value is -1.84. The van der Waals surface area contributed by atoms with Crippen LogP contribution in [0.25, 0.3) is 0 Å². The van der Waals surface area contributed by atoms with Crippen molar-refractivity contribution in [3.8, 4) is 0 Å². The molecule has 1 amide bonds. The average molecular weight is 219 g/mol. The van der Waals surface area contributed by atoms with Gasteiger partial charge in [-0.2, -0.15) is 0 Å². The first kappa shape index (κ1) is 12.2. The lowest BCUT2D eigenvalue weighted by molar-refractivity contribution is -0.115. The molecular formula is C12H17N3O. The van der Waals surface area contributed by atoms with Crippen molar-refractivity contribution in [2.24, 2.45) is 5.73 Å². The Balaban J connectivity index is 2.62. The van der Waals surface area contributed by atoms with Gasteiger partial charge in [-0.1, -0.05) is 26.0 Å². The van der Waals surface area contributed by atoms with Crippen LogP contribution in [0, 0.1) is 5.41 Å². The molecule has 0 aromatic heterocycles. The number of nitrogens with one attached hydrogen (secondary N) is 2. The zero-order chi connectivity index (χ0) is 12.1. The normalized spacial score (nSPS) is 10.2. The van der Waals surface area contributed by atoms with Gasteiger partial charge in [-0.25, -0.2) is 0 Å². The van der Waals surface area contributed by atoms with E-state index in [2.05, 4.69) is 19.2 Å². The molecule has 86 valence electrons. The second-order valence-corrected chi connectivity index (χ2v) is 4.03. The minimum absolute atomic E-state index is 0.0636. The van der Waals surface area contributed by atoms with Gasteiger partial charge in [-0.3, -0.25) is 10.2 Å². The summed E-state index contributed by atoms with van der Waals surface area (Å²) in [5.41, 5.74) is 7.09. The third-order valence-electron chi connectivity index (χ3n) is 2.21. The summed E-state index contributed by atoms with van der Waals surface area (Å²) in [5.74, 6) is 0.0862. The summed E-state index contributed by atoms with van der Waals surface area (Å²) >= 11 is 0. The van der Waals surface area contributed by atoms with Gasteiger partial charge in [0.05, 0.1) is 6.42 Å². The van der Waals surface area contributed by atoms with E-state index in [1.807, 2.05) is 24.3 Å². The zero-order valence-electron chi connectivity index (χ0n) is 9.58. The molecule has 0 unspecified atom stereocenters. The summed E-state index contributed by atoms with van der Waals surface area (Å²) in [6, 6.07) is 7.67. The van der Waals surface area contributed by atoms with E-state index in [0.717, 1.165) is 5.69 Å². The van der Waals surface area contributed by atoms with Gasteiger partial charge < -0.3 is 11.1 Å². The van der Waals surface area contributed by atoms with E-state index in [-0.39, 0.29) is 18.2 Å². The van der Waals surface area contributed by atoms with Crippen LogP contribution in [0.5, 0.6) is 0 Å². The highest BCUT2D eigenvalue weighted by molar-refractivity contribution is 6.03. The second kappa shape index (κ2) is 5.30. The molecule has 1 rings (SSSR count). The molecule has 0 radical (unpaired) electrons. The molecule has 0 bridgehead atoms. The van der Waals surface area contributed by atoms with Gasteiger partial charge in [0.25, 0.3) is 0 Å². The van der Waals surface area contributed by atoms with Crippen LogP contribution in [0.3, 0.4) is 0 Å². The largest absolute Gasteiger partial charge is 0.387 e. The van der Waals surface area contributed by atoms with Crippen LogP contribution in [-0.2, 0) is 4.79 Å². The minimum atomic E-state index is -0.259. The van der Waals surface area contributed by atoms with Crippen LogP contribution in [0.4, 0.5) is 5.69 Å². The van der Waals surface area contributed by atoms with Crippen LogP contribution in [-0.4, -0.2) is 11.7 Å². The van der Waals surface area contributed by atoms with Gasteiger partial charge >= 0.3 is 0 Å². The Morgan fingerprint density at radius 3 is 2.38 bits per heavy atom. The van der Waals surface area contributed by atoms with E-state index < -0.39 is 0 Å². The van der Waals surface area contributed by atoms with Crippen molar-refractivity contribution in [1.29, 1.82) is 5.41 Å². The minimum Gasteiger partial charge on any atom is -0.387 e. The molecule has 0 aliphatic carbocycles. The highest BCUT2D eigenvalue weighted by Gasteiger charge is 2.04. The van der Waals surface area contributed by atoms with Crippen molar-refractivity contribution in [1.82, 2.24) is 0 Å². The van der Waals surface area contributed by atoms with Gasteiger partial charge in [-0.05, 0) is 23.6 Å². The molecule has 0 aliphatic heterocycles. The van der Waals surface area contributed by atoms with E-state index in [4.69, 9.17) is 11.1 Å². The lowest BCUT2D eigenvalue weighted by atomic mass is 10.0. The molecule has 0 saturated heterocycles. The standard InChI is InChI=1S/C12H17N3O/c1-8(2)9-3-5-10(6-4-9)15-12(16)7-11(13)14/h3-6,8H,7H2,1-2H3,(H3,13,14)(H,15,16). The van der Waals surface area contributed by atoms with Crippen LogP contribution in [0.2, 0.25) is 0 Å². The summed E-state index contributed by atoms with van der Waals surface area (Å²) < 4.78 is 0. The van der Waals surface area contributed by atoms with Crippen LogP contribution in [0.1, 0.15) is 31.7 Å². The molecule has 0 saturated carbocycles. The Kier molecular flexibility index (Phi) is 4.05. The molecular weight excluding hydrogens is 202 g/mol. The topological polar surface area (TPSA) is 79.0 Å². The number of anilines is 1. The van der Waals surface area contributed by atoms with Gasteiger partial charge in [0.15, 0.2) is 0 Å². The Bertz CT molecular complexity index is 382. The number of amides is 1. The highest BCUT2D eigenvalue weighted by atomic mass is 16.1. The van der Waals surface area contributed by atoms with Gasteiger partial charge in [0.2, 0.25) is 5.91 Å². The Labute approximate surface area is 95.4 Å². The van der Waals surface area contributed by atoms with Crippen LogP contribution < -0.4 is 11.1 Å². The molecule has 0 spiro atoms. The highest BCUT2D eigenvalue weighted by Crippen LogP contribution is 2.17. The zero-order valence-corrected chi connectivity index (χ0v) is 9.58. The average Bonchev–Trinajstić information content (AvgIpc) is 2.16. The van der Waals surface area contributed by atoms with Gasteiger partial charge in [-0.15, -0.1) is 0 Å². The van der Waals surface area contributed by atoms with Crippen LogP contribution >= 0.6 is 0 Å². The van der Waals surface area contributed by atoms with E-state index >= 15 is 0 Å². The third-order valence-corrected chi connectivity index (χ3v) is 2.21. The molecule has 4 heteroatoms. The van der Waals surface area contributed by atoms with Crippen molar-refractivity contribution < 1.29 is 4.79 Å². The molecule has 0 aliphatic rings. The number of rotatable bonds is 4. The number of nitrogens with two attached hydrogens (primary N) is 1. The van der Waals surface area contributed by atoms with E-state index in [1.165, 1.54) is 5.56 Å². The monoisotopic (exact) mass is 219 g/mol. The molecule has 4 N–H and O–H groups in total. The first-order chi connectivity index (χ1) is 7.49. The SMILES string of the molecule is CC(C)c1ccc(NC(=O)CC(=N)N)cc1. The number of benzene rings is 1. The fourth-order valence-electron chi connectivity index (χ4n) is 1.33. The molecule has 0 atom stereocenters. The second-order valence-electron chi connectivity index (χ2n) is 4.03. The number of hydrogen-bond acceptors (Lipinski definition) is 2. The lowest BCUT2D eigenvalue weighted by Crippen LogP contribution is -2.20. The third kappa shape index (κ3) is 3.73. The Morgan fingerprint density at radius 1 is 1.38 bits per heavy atom. The van der Waals surface area contributed by atoms with Gasteiger partial charge in [0, 0.05) is 5.69 Å². The summed E-state index contributed by atoms with van der Waals surface area (Å²) in [5, 5.41) is 9.68. The molecule has 0 fully saturated rings. The van der Waals surface area contributed by atoms with E-state index in [9.17, 15) is 4.79 Å². The number of amidine groups is 1. The summed E-state index contributed by atoms with van der Waals surface area (Å²) in [6.45, 7) is 4.23.